The van der Waals surface area contributed by atoms with Crippen molar-refractivity contribution in [1.29, 1.82) is 0 Å². The third kappa shape index (κ3) is 4.86. The molecular formula is C19H22ClFN2O4. The van der Waals surface area contributed by atoms with Crippen molar-refractivity contribution in [3.8, 4) is 11.3 Å². The fraction of sp³-hybridized carbons (Fsp3) is 0.474. The number of aryl methyl sites for hydroxylation is 1. The molecule has 8 heteroatoms. The van der Waals surface area contributed by atoms with E-state index in [-0.39, 0.29) is 33.9 Å². The molecule has 1 fully saturated rings. The summed E-state index contributed by atoms with van der Waals surface area (Å²) in [4.78, 5) is 12.5. The number of carbonyl (C=O) groups is 1. The molecule has 1 aliphatic heterocycles. The predicted octanol–water partition coefficient (Wildman–Crippen LogP) is 3.76. The van der Waals surface area contributed by atoms with E-state index in [2.05, 4.69) is 10.5 Å². The molecule has 0 saturated carbocycles. The zero-order valence-corrected chi connectivity index (χ0v) is 15.9. The summed E-state index contributed by atoms with van der Waals surface area (Å²) in [5.41, 5.74) is 0.339. The van der Waals surface area contributed by atoms with Crippen molar-refractivity contribution in [2.24, 2.45) is 0 Å². The normalized spacial score (nSPS) is 16.6. The minimum absolute atomic E-state index is 0.0565. The third-order valence-corrected chi connectivity index (χ3v) is 4.68. The molecule has 0 radical (unpaired) electrons. The second-order valence-electron chi connectivity index (χ2n) is 6.38. The SMILES string of the molecule is Cc1onc(-c2c(F)cccc2Cl)c1C(=O)NCCCOCC1CCCO1. The zero-order chi connectivity index (χ0) is 19.2. The molecule has 1 aromatic carbocycles. The first-order valence-electron chi connectivity index (χ1n) is 8.96. The number of rotatable bonds is 8. The summed E-state index contributed by atoms with van der Waals surface area (Å²) in [7, 11) is 0. The van der Waals surface area contributed by atoms with Crippen molar-refractivity contribution in [2.45, 2.75) is 32.3 Å². The quantitative estimate of drug-likeness (QED) is 0.688. The average Bonchev–Trinajstić information content (AvgIpc) is 3.28. The Balaban J connectivity index is 1.55. The Bertz CT molecular complexity index is 770. The summed E-state index contributed by atoms with van der Waals surface area (Å²) in [6.07, 6.45) is 2.95. The summed E-state index contributed by atoms with van der Waals surface area (Å²) < 4.78 is 30.3. The fourth-order valence-corrected chi connectivity index (χ4v) is 3.24. The molecule has 6 nitrogen and oxygen atoms in total. The van der Waals surface area contributed by atoms with E-state index in [1.807, 2.05) is 0 Å². The van der Waals surface area contributed by atoms with Crippen LogP contribution in [0, 0.1) is 12.7 Å². The first kappa shape index (κ1) is 19.8. The minimum Gasteiger partial charge on any atom is -0.379 e. The highest BCUT2D eigenvalue weighted by Crippen LogP contribution is 2.33. The molecule has 0 bridgehead atoms. The van der Waals surface area contributed by atoms with E-state index in [1.165, 1.54) is 18.2 Å². The van der Waals surface area contributed by atoms with Crippen LogP contribution in [0.1, 0.15) is 35.4 Å². The van der Waals surface area contributed by atoms with Crippen molar-refractivity contribution < 1.29 is 23.2 Å². The molecule has 27 heavy (non-hydrogen) atoms. The van der Waals surface area contributed by atoms with Crippen molar-refractivity contribution in [1.82, 2.24) is 10.5 Å². The first-order valence-corrected chi connectivity index (χ1v) is 9.34. The van der Waals surface area contributed by atoms with Gasteiger partial charge >= 0.3 is 0 Å². The zero-order valence-electron chi connectivity index (χ0n) is 15.1. The molecule has 1 saturated heterocycles. The molecule has 2 aromatic rings. The van der Waals surface area contributed by atoms with Crippen LogP contribution in [0.5, 0.6) is 0 Å². The van der Waals surface area contributed by atoms with Gasteiger partial charge in [0.1, 0.15) is 22.8 Å². The van der Waals surface area contributed by atoms with E-state index >= 15 is 0 Å². The van der Waals surface area contributed by atoms with Crippen LogP contribution in [0.3, 0.4) is 0 Å². The number of hydrogen-bond donors (Lipinski definition) is 1. The lowest BCUT2D eigenvalue weighted by atomic mass is 10.0. The molecule has 1 N–H and O–H groups in total. The monoisotopic (exact) mass is 396 g/mol. The van der Waals surface area contributed by atoms with Crippen LogP contribution in [0.15, 0.2) is 22.7 Å². The van der Waals surface area contributed by atoms with Gasteiger partial charge in [0.05, 0.1) is 23.3 Å². The van der Waals surface area contributed by atoms with Gasteiger partial charge < -0.3 is 19.3 Å². The molecule has 3 rings (SSSR count). The molecule has 1 unspecified atom stereocenters. The van der Waals surface area contributed by atoms with Gasteiger partial charge in [-0.25, -0.2) is 4.39 Å². The molecule has 1 aromatic heterocycles. The Labute approximate surface area is 162 Å². The maximum atomic E-state index is 14.2. The van der Waals surface area contributed by atoms with Crippen molar-refractivity contribution >= 4 is 17.5 Å². The molecular weight excluding hydrogens is 375 g/mol. The number of aromatic nitrogens is 1. The van der Waals surface area contributed by atoms with E-state index < -0.39 is 5.82 Å². The third-order valence-electron chi connectivity index (χ3n) is 4.37. The van der Waals surface area contributed by atoms with E-state index in [0.717, 1.165) is 19.4 Å². The van der Waals surface area contributed by atoms with Gasteiger partial charge in [0.15, 0.2) is 0 Å². The lowest BCUT2D eigenvalue weighted by molar-refractivity contribution is 0.0166. The van der Waals surface area contributed by atoms with E-state index in [1.54, 1.807) is 6.92 Å². The fourth-order valence-electron chi connectivity index (χ4n) is 2.99. The number of halogens is 2. The summed E-state index contributed by atoms with van der Waals surface area (Å²) in [6, 6.07) is 4.29. The van der Waals surface area contributed by atoms with Gasteiger partial charge in [-0.3, -0.25) is 4.79 Å². The van der Waals surface area contributed by atoms with Crippen LogP contribution in [0.4, 0.5) is 4.39 Å². The second kappa shape index (κ2) is 9.30. The molecule has 0 spiro atoms. The minimum atomic E-state index is -0.563. The van der Waals surface area contributed by atoms with Gasteiger partial charge in [-0.15, -0.1) is 0 Å². The number of nitrogens with one attached hydrogen (secondary N) is 1. The largest absolute Gasteiger partial charge is 0.379 e. The molecule has 1 aliphatic rings. The highest BCUT2D eigenvalue weighted by molar-refractivity contribution is 6.33. The predicted molar refractivity (Wildman–Crippen MR) is 98.4 cm³/mol. The van der Waals surface area contributed by atoms with Crippen molar-refractivity contribution in [3.63, 3.8) is 0 Å². The van der Waals surface area contributed by atoms with Gasteiger partial charge in [-0.05, 0) is 38.3 Å². The van der Waals surface area contributed by atoms with Gasteiger partial charge in [-0.1, -0.05) is 22.8 Å². The van der Waals surface area contributed by atoms with Crippen LogP contribution < -0.4 is 5.32 Å². The average molecular weight is 397 g/mol. The highest BCUT2D eigenvalue weighted by Gasteiger charge is 2.25. The topological polar surface area (TPSA) is 73.6 Å². The van der Waals surface area contributed by atoms with Crippen LogP contribution >= 0.6 is 11.6 Å². The first-order chi connectivity index (χ1) is 13.1. The molecule has 146 valence electrons. The molecule has 0 aliphatic carbocycles. The number of benzene rings is 1. The standard InChI is InChI=1S/C19H22ClFN2O4/c1-12-16(18(23-27-12)17-14(20)6-2-7-15(17)21)19(24)22-8-4-9-25-11-13-5-3-10-26-13/h2,6-7,13H,3-5,8-11H2,1H3,(H,22,24). The van der Waals surface area contributed by atoms with Gasteiger partial charge in [0.2, 0.25) is 0 Å². The number of hydrogen-bond acceptors (Lipinski definition) is 5. The molecule has 2 heterocycles. The Hall–Kier alpha value is -1.96. The van der Waals surface area contributed by atoms with Crippen LogP contribution in [0.2, 0.25) is 5.02 Å². The maximum absolute atomic E-state index is 14.2. The molecule has 1 amide bonds. The van der Waals surface area contributed by atoms with Gasteiger partial charge in [0.25, 0.3) is 5.91 Å². The molecule has 1 atom stereocenters. The Morgan fingerprint density at radius 3 is 3.07 bits per heavy atom. The van der Waals surface area contributed by atoms with Gasteiger partial charge in [-0.2, -0.15) is 0 Å². The Kier molecular flexibility index (Phi) is 6.82. The van der Waals surface area contributed by atoms with Crippen molar-refractivity contribution in [3.05, 3.63) is 40.4 Å². The summed E-state index contributed by atoms with van der Waals surface area (Å²) in [5.74, 6) is -0.647. The smallest absolute Gasteiger partial charge is 0.257 e. The maximum Gasteiger partial charge on any atom is 0.257 e. The highest BCUT2D eigenvalue weighted by atomic mass is 35.5. The van der Waals surface area contributed by atoms with Crippen molar-refractivity contribution in [2.75, 3.05) is 26.4 Å². The lowest BCUT2D eigenvalue weighted by Crippen LogP contribution is -2.26. The Morgan fingerprint density at radius 1 is 1.48 bits per heavy atom. The van der Waals surface area contributed by atoms with Crippen LogP contribution in [-0.4, -0.2) is 43.5 Å². The summed E-state index contributed by atoms with van der Waals surface area (Å²) in [6.45, 7) is 3.92. The Morgan fingerprint density at radius 2 is 2.33 bits per heavy atom. The lowest BCUT2D eigenvalue weighted by Gasteiger charge is -2.10. The summed E-state index contributed by atoms with van der Waals surface area (Å²) in [5, 5.41) is 6.79. The number of ether oxygens (including phenoxy) is 2. The van der Waals surface area contributed by atoms with E-state index in [0.29, 0.717) is 31.9 Å². The van der Waals surface area contributed by atoms with E-state index in [9.17, 15) is 9.18 Å². The summed E-state index contributed by atoms with van der Waals surface area (Å²) >= 11 is 6.09. The second-order valence-corrected chi connectivity index (χ2v) is 6.79. The van der Waals surface area contributed by atoms with E-state index in [4.69, 9.17) is 25.6 Å². The number of nitrogens with zero attached hydrogens (tertiary/aromatic N) is 1. The van der Waals surface area contributed by atoms with Crippen LogP contribution in [-0.2, 0) is 9.47 Å². The van der Waals surface area contributed by atoms with Crippen LogP contribution in [0.25, 0.3) is 11.3 Å². The van der Waals surface area contributed by atoms with Gasteiger partial charge in [0, 0.05) is 19.8 Å². The number of amides is 1. The number of carbonyl (C=O) groups excluding carboxylic acids is 1.